The van der Waals surface area contributed by atoms with Crippen molar-refractivity contribution >= 4 is 5.97 Å². The molecule has 98 valence electrons. The van der Waals surface area contributed by atoms with Crippen LogP contribution >= 0.6 is 0 Å². The number of hydrogen-bond donors (Lipinski definition) is 1. The highest BCUT2D eigenvalue weighted by Crippen LogP contribution is 2.28. The van der Waals surface area contributed by atoms with Crippen LogP contribution in [0.15, 0.2) is 36.4 Å². The maximum absolute atomic E-state index is 13.6. The molecule has 0 saturated heterocycles. The van der Waals surface area contributed by atoms with Crippen molar-refractivity contribution in [2.75, 3.05) is 7.11 Å². The van der Waals surface area contributed by atoms with Gasteiger partial charge in [0.1, 0.15) is 22.9 Å². The van der Waals surface area contributed by atoms with E-state index in [4.69, 9.17) is 0 Å². The Kier molecular flexibility index (Phi) is 3.46. The van der Waals surface area contributed by atoms with Gasteiger partial charge in [-0.2, -0.15) is 0 Å². The van der Waals surface area contributed by atoms with E-state index in [1.807, 2.05) is 0 Å². The predicted molar refractivity (Wildman–Crippen MR) is 64.8 cm³/mol. The smallest absolute Gasteiger partial charge is 0.341 e. The molecule has 2 rings (SSSR count). The van der Waals surface area contributed by atoms with Crippen LogP contribution in [0.4, 0.5) is 8.78 Å². The Morgan fingerprint density at radius 1 is 1.16 bits per heavy atom. The van der Waals surface area contributed by atoms with Crippen molar-refractivity contribution in [3.63, 3.8) is 0 Å². The SMILES string of the molecule is COC(=O)c1cc(-c2cc(F)ccc2F)ccc1O. The summed E-state index contributed by atoms with van der Waals surface area (Å²) in [5.41, 5.74) is 0.170. The van der Waals surface area contributed by atoms with Gasteiger partial charge in [-0.05, 0) is 35.9 Å². The van der Waals surface area contributed by atoms with Crippen LogP contribution in [0.3, 0.4) is 0 Å². The maximum atomic E-state index is 13.6. The quantitative estimate of drug-likeness (QED) is 0.848. The summed E-state index contributed by atoms with van der Waals surface area (Å²) < 4.78 is 31.3. The Morgan fingerprint density at radius 2 is 1.89 bits per heavy atom. The normalized spacial score (nSPS) is 10.3. The van der Waals surface area contributed by atoms with E-state index in [-0.39, 0.29) is 22.4 Å². The van der Waals surface area contributed by atoms with Crippen molar-refractivity contribution in [1.29, 1.82) is 0 Å². The number of rotatable bonds is 2. The van der Waals surface area contributed by atoms with E-state index in [0.717, 1.165) is 25.3 Å². The summed E-state index contributed by atoms with van der Waals surface area (Å²) in [5, 5.41) is 9.54. The lowest BCUT2D eigenvalue weighted by atomic mass is 10.0. The van der Waals surface area contributed by atoms with Crippen molar-refractivity contribution in [3.05, 3.63) is 53.6 Å². The van der Waals surface area contributed by atoms with E-state index in [1.54, 1.807) is 0 Å². The predicted octanol–water partition coefficient (Wildman–Crippen LogP) is 3.12. The lowest BCUT2D eigenvalue weighted by Gasteiger charge is -2.07. The molecule has 0 aliphatic rings. The van der Waals surface area contributed by atoms with Gasteiger partial charge < -0.3 is 9.84 Å². The summed E-state index contributed by atoms with van der Waals surface area (Å²) in [4.78, 5) is 11.4. The third-order valence-electron chi connectivity index (χ3n) is 2.64. The third-order valence-corrected chi connectivity index (χ3v) is 2.64. The van der Waals surface area contributed by atoms with Crippen LogP contribution in [-0.4, -0.2) is 18.2 Å². The zero-order valence-electron chi connectivity index (χ0n) is 9.98. The van der Waals surface area contributed by atoms with Crippen LogP contribution in [0, 0.1) is 11.6 Å². The molecule has 19 heavy (non-hydrogen) atoms. The number of phenolic OH excluding ortho intramolecular Hbond substituents is 1. The van der Waals surface area contributed by atoms with E-state index < -0.39 is 17.6 Å². The van der Waals surface area contributed by atoms with Gasteiger partial charge in [0.05, 0.1) is 7.11 Å². The lowest BCUT2D eigenvalue weighted by Crippen LogP contribution is -2.02. The Morgan fingerprint density at radius 3 is 2.58 bits per heavy atom. The first-order valence-corrected chi connectivity index (χ1v) is 5.39. The van der Waals surface area contributed by atoms with E-state index in [2.05, 4.69) is 4.74 Å². The average molecular weight is 264 g/mol. The lowest BCUT2D eigenvalue weighted by molar-refractivity contribution is 0.0597. The van der Waals surface area contributed by atoms with Gasteiger partial charge in [0.15, 0.2) is 0 Å². The fourth-order valence-electron chi connectivity index (χ4n) is 1.70. The highest BCUT2D eigenvalue weighted by molar-refractivity contribution is 5.94. The highest BCUT2D eigenvalue weighted by atomic mass is 19.1. The molecule has 0 aromatic heterocycles. The van der Waals surface area contributed by atoms with Crippen molar-refractivity contribution in [1.82, 2.24) is 0 Å². The molecule has 0 aliphatic carbocycles. The monoisotopic (exact) mass is 264 g/mol. The standard InChI is InChI=1S/C14H10F2O3/c1-19-14(18)11-6-8(2-5-13(11)17)10-7-9(15)3-4-12(10)16/h2-7,17H,1H3. The summed E-state index contributed by atoms with van der Waals surface area (Å²) >= 11 is 0. The van der Waals surface area contributed by atoms with Crippen LogP contribution in [0.1, 0.15) is 10.4 Å². The van der Waals surface area contributed by atoms with Crippen molar-refractivity contribution in [2.24, 2.45) is 0 Å². The third kappa shape index (κ3) is 2.54. The van der Waals surface area contributed by atoms with Crippen LogP contribution in [-0.2, 0) is 4.74 Å². The van der Waals surface area contributed by atoms with Gasteiger partial charge in [-0.1, -0.05) is 6.07 Å². The van der Waals surface area contributed by atoms with E-state index in [9.17, 15) is 18.7 Å². The zero-order chi connectivity index (χ0) is 14.0. The maximum Gasteiger partial charge on any atom is 0.341 e. The molecule has 0 saturated carbocycles. The number of benzene rings is 2. The van der Waals surface area contributed by atoms with Crippen molar-refractivity contribution in [3.8, 4) is 16.9 Å². The highest BCUT2D eigenvalue weighted by Gasteiger charge is 2.14. The fourth-order valence-corrected chi connectivity index (χ4v) is 1.70. The molecule has 0 radical (unpaired) electrons. The van der Waals surface area contributed by atoms with Gasteiger partial charge in [-0.15, -0.1) is 0 Å². The number of esters is 1. The minimum atomic E-state index is -0.754. The number of ether oxygens (including phenoxy) is 1. The first kappa shape index (κ1) is 13.0. The molecule has 3 nitrogen and oxygen atoms in total. The molecule has 0 fully saturated rings. The summed E-state index contributed by atoms with van der Waals surface area (Å²) in [6.45, 7) is 0. The number of carbonyl (C=O) groups is 1. The van der Waals surface area contributed by atoms with E-state index in [0.29, 0.717) is 0 Å². The van der Waals surface area contributed by atoms with Gasteiger partial charge in [-0.25, -0.2) is 13.6 Å². The minimum Gasteiger partial charge on any atom is -0.507 e. The van der Waals surface area contributed by atoms with E-state index in [1.165, 1.54) is 18.2 Å². The van der Waals surface area contributed by atoms with Crippen LogP contribution in [0.5, 0.6) is 5.75 Å². The molecule has 0 heterocycles. The number of halogens is 2. The topological polar surface area (TPSA) is 46.5 Å². The number of aromatic hydroxyl groups is 1. The molecular formula is C14H10F2O3. The second-order valence-electron chi connectivity index (χ2n) is 3.85. The molecule has 2 aromatic carbocycles. The average Bonchev–Trinajstić information content (AvgIpc) is 2.41. The molecule has 0 spiro atoms. The van der Waals surface area contributed by atoms with Crippen LogP contribution in [0.2, 0.25) is 0 Å². The number of hydrogen-bond acceptors (Lipinski definition) is 3. The molecular weight excluding hydrogens is 254 g/mol. The molecule has 1 N–H and O–H groups in total. The zero-order valence-corrected chi connectivity index (χ0v) is 9.98. The first-order chi connectivity index (χ1) is 9.02. The van der Waals surface area contributed by atoms with Gasteiger partial charge in [0.25, 0.3) is 0 Å². The summed E-state index contributed by atoms with van der Waals surface area (Å²) in [6, 6.07) is 6.88. The van der Waals surface area contributed by atoms with Crippen molar-refractivity contribution in [2.45, 2.75) is 0 Å². The molecule has 2 aromatic rings. The Hall–Kier alpha value is -2.43. The van der Waals surface area contributed by atoms with Crippen LogP contribution in [0.25, 0.3) is 11.1 Å². The number of carbonyl (C=O) groups excluding carboxylic acids is 1. The minimum absolute atomic E-state index is 0.00477. The second kappa shape index (κ2) is 5.06. The Bertz CT molecular complexity index is 639. The van der Waals surface area contributed by atoms with E-state index >= 15 is 0 Å². The van der Waals surface area contributed by atoms with Gasteiger partial charge >= 0.3 is 5.97 Å². The molecule has 5 heteroatoms. The number of phenols is 1. The molecule has 0 unspecified atom stereocenters. The molecule has 0 amide bonds. The van der Waals surface area contributed by atoms with Crippen LogP contribution < -0.4 is 0 Å². The first-order valence-electron chi connectivity index (χ1n) is 5.39. The Balaban J connectivity index is 2.57. The van der Waals surface area contributed by atoms with Gasteiger partial charge in [0.2, 0.25) is 0 Å². The number of methoxy groups -OCH3 is 1. The van der Waals surface area contributed by atoms with Crippen molar-refractivity contribution < 1.29 is 23.4 Å². The fraction of sp³-hybridized carbons (Fsp3) is 0.0714. The summed E-state index contributed by atoms with van der Waals surface area (Å²) in [5.74, 6) is -2.25. The summed E-state index contributed by atoms with van der Waals surface area (Å²) in [6.07, 6.45) is 0. The largest absolute Gasteiger partial charge is 0.507 e. The van der Waals surface area contributed by atoms with Gasteiger partial charge in [0, 0.05) is 5.56 Å². The summed E-state index contributed by atoms with van der Waals surface area (Å²) in [7, 11) is 1.16. The molecule has 0 bridgehead atoms. The van der Waals surface area contributed by atoms with Gasteiger partial charge in [-0.3, -0.25) is 0 Å². The second-order valence-corrected chi connectivity index (χ2v) is 3.85. The molecule has 0 aliphatic heterocycles. The Labute approximate surface area is 108 Å². The molecule has 0 atom stereocenters.